The summed E-state index contributed by atoms with van der Waals surface area (Å²) in [5, 5.41) is 0. The zero-order chi connectivity index (χ0) is 15.4. The van der Waals surface area contributed by atoms with E-state index in [1.807, 2.05) is 6.07 Å². The molecule has 1 atom stereocenters. The fraction of sp³-hybridized carbons (Fsp3) is 0.250. The van der Waals surface area contributed by atoms with Crippen molar-refractivity contribution in [3.63, 3.8) is 0 Å². The van der Waals surface area contributed by atoms with Crippen LogP contribution in [0.15, 0.2) is 40.9 Å². The Balaban J connectivity index is 2.34. The minimum atomic E-state index is -0.390. The van der Waals surface area contributed by atoms with Gasteiger partial charge in [0.1, 0.15) is 17.3 Å². The normalized spacial score (nSPS) is 12.0. The zero-order valence-electron chi connectivity index (χ0n) is 11.9. The number of nitrogens with two attached hydrogens (primary N) is 1. The molecule has 5 heteroatoms. The van der Waals surface area contributed by atoms with Crippen molar-refractivity contribution in [3.05, 3.63) is 57.8 Å². The number of hydrogen-bond donors (Lipinski definition) is 1. The van der Waals surface area contributed by atoms with Crippen LogP contribution >= 0.6 is 15.9 Å². The molecule has 0 aliphatic carbocycles. The van der Waals surface area contributed by atoms with E-state index in [1.54, 1.807) is 38.5 Å². The SMILES string of the molecule is COc1cc(C(N)Cc2ccccc2F)c(OC)cc1Br. The molecule has 0 aliphatic rings. The maximum atomic E-state index is 13.7. The molecule has 1 unspecified atom stereocenters. The predicted molar refractivity (Wildman–Crippen MR) is 84.3 cm³/mol. The van der Waals surface area contributed by atoms with Crippen LogP contribution < -0.4 is 15.2 Å². The molecular weight excluding hydrogens is 337 g/mol. The van der Waals surface area contributed by atoms with Crippen LogP contribution in [0.3, 0.4) is 0 Å². The Morgan fingerprint density at radius 2 is 1.81 bits per heavy atom. The summed E-state index contributed by atoms with van der Waals surface area (Å²) in [4.78, 5) is 0. The average molecular weight is 354 g/mol. The molecule has 0 fully saturated rings. The van der Waals surface area contributed by atoms with E-state index in [0.29, 0.717) is 23.5 Å². The van der Waals surface area contributed by atoms with E-state index in [1.165, 1.54) is 6.07 Å². The highest BCUT2D eigenvalue weighted by molar-refractivity contribution is 9.10. The summed E-state index contributed by atoms with van der Waals surface area (Å²) in [5.74, 6) is 1.05. The standard InChI is InChI=1S/C16H17BrFNO2/c1-20-15-9-12(17)16(21-2)8-11(15)14(19)7-10-5-3-4-6-13(10)18/h3-6,8-9,14H,7,19H2,1-2H3. The van der Waals surface area contributed by atoms with Gasteiger partial charge < -0.3 is 15.2 Å². The Morgan fingerprint density at radius 1 is 1.14 bits per heavy atom. The topological polar surface area (TPSA) is 44.5 Å². The molecule has 0 radical (unpaired) electrons. The summed E-state index contributed by atoms with van der Waals surface area (Å²) >= 11 is 3.40. The molecule has 2 rings (SSSR count). The van der Waals surface area contributed by atoms with Crippen molar-refractivity contribution in [1.29, 1.82) is 0 Å². The molecule has 0 saturated heterocycles. The second-order valence-electron chi connectivity index (χ2n) is 4.63. The highest BCUT2D eigenvalue weighted by atomic mass is 79.9. The van der Waals surface area contributed by atoms with Crippen molar-refractivity contribution in [1.82, 2.24) is 0 Å². The van der Waals surface area contributed by atoms with Gasteiger partial charge in [0.2, 0.25) is 0 Å². The summed E-state index contributed by atoms with van der Waals surface area (Å²) in [6.45, 7) is 0. The van der Waals surface area contributed by atoms with E-state index >= 15 is 0 Å². The van der Waals surface area contributed by atoms with Gasteiger partial charge in [-0.15, -0.1) is 0 Å². The van der Waals surface area contributed by atoms with Crippen LogP contribution in [0.2, 0.25) is 0 Å². The van der Waals surface area contributed by atoms with Crippen LogP contribution in [0.4, 0.5) is 4.39 Å². The molecule has 3 nitrogen and oxygen atoms in total. The molecule has 0 heterocycles. The van der Waals surface area contributed by atoms with Gasteiger partial charge in [-0.05, 0) is 46.1 Å². The molecule has 0 bridgehead atoms. The molecule has 0 aromatic heterocycles. The zero-order valence-corrected chi connectivity index (χ0v) is 13.5. The molecule has 0 aliphatic heterocycles. The van der Waals surface area contributed by atoms with E-state index in [-0.39, 0.29) is 11.9 Å². The third kappa shape index (κ3) is 3.54. The number of methoxy groups -OCH3 is 2. The fourth-order valence-corrected chi connectivity index (χ4v) is 2.67. The number of rotatable bonds is 5. The first-order valence-electron chi connectivity index (χ1n) is 6.47. The quantitative estimate of drug-likeness (QED) is 0.887. The smallest absolute Gasteiger partial charge is 0.133 e. The van der Waals surface area contributed by atoms with E-state index in [4.69, 9.17) is 15.2 Å². The van der Waals surface area contributed by atoms with Crippen molar-refractivity contribution in [3.8, 4) is 11.5 Å². The summed E-state index contributed by atoms with van der Waals surface area (Å²) in [5.41, 5.74) is 7.58. The monoisotopic (exact) mass is 353 g/mol. The van der Waals surface area contributed by atoms with Crippen LogP contribution in [-0.2, 0) is 6.42 Å². The second kappa shape index (κ2) is 6.91. The average Bonchev–Trinajstić information content (AvgIpc) is 2.49. The molecule has 21 heavy (non-hydrogen) atoms. The van der Waals surface area contributed by atoms with E-state index < -0.39 is 0 Å². The van der Waals surface area contributed by atoms with E-state index in [0.717, 1.165) is 10.0 Å². The van der Waals surface area contributed by atoms with Crippen molar-refractivity contribution >= 4 is 15.9 Å². The second-order valence-corrected chi connectivity index (χ2v) is 5.49. The van der Waals surface area contributed by atoms with Gasteiger partial charge in [-0.1, -0.05) is 18.2 Å². The lowest BCUT2D eigenvalue weighted by Gasteiger charge is -2.18. The van der Waals surface area contributed by atoms with Crippen LogP contribution in [0, 0.1) is 5.82 Å². The summed E-state index contributed by atoms with van der Waals surface area (Å²) < 4.78 is 25.2. The Bertz CT molecular complexity index is 634. The van der Waals surface area contributed by atoms with Crippen LogP contribution in [0.1, 0.15) is 17.2 Å². The third-order valence-electron chi connectivity index (χ3n) is 3.30. The van der Waals surface area contributed by atoms with Gasteiger partial charge in [0.25, 0.3) is 0 Å². The molecule has 0 amide bonds. The van der Waals surface area contributed by atoms with Crippen LogP contribution in [0.5, 0.6) is 11.5 Å². The Morgan fingerprint density at radius 3 is 2.43 bits per heavy atom. The Hall–Kier alpha value is -1.59. The van der Waals surface area contributed by atoms with Gasteiger partial charge in [0, 0.05) is 11.6 Å². The first-order valence-corrected chi connectivity index (χ1v) is 7.26. The summed E-state index contributed by atoms with van der Waals surface area (Å²) in [7, 11) is 3.16. The molecule has 0 saturated carbocycles. The molecule has 0 spiro atoms. The predicted octanol–water partition coefficient (Wildman–Crippen LogP) is 3.85. The number of hydrogen-bond acceptors (Lipinski definition) is 3. The van der Waals surface area contributed by atoms with Gasteiger partial charge in [-0.2, -0.15) is 0 Å². The van der Waals surface area contributed by atoms with Crippen molar-refractivity contribution in [2.24, 2.45) is 5.73 Å². The largest absolute Gasteiger partial charge is 0.496 e. The van der Waals surface area contributed by atoms with Crippen molar-refractivity contribution < 1.29 is 13.9 Å². The Labute approximate surface area is 132 Å². The minimum Gasteiger partial charge on any atom is -0.496 e. The van der Waals surface area contributed by atoms with Crippen molar-refractivity contribution in [2.75, 3.05) is 14.2 Å². The fourth-order valence-electron chi connectivity index (χ4n) is 2.18. The highest BCUT2D eigenvalue weighted by Gasteiger charge is 2.17. The van der Waals surface area contributed by atoms with Crippen molar-refractivity contribution in [2.45, 2.75) is 12.5 Å². The van der Waals surface area contributed by atoms with Crippen LogP contribution in [-0.4, -0.2) is 14.2 Å². The lowest BCUT2D eigenvalue weighted by atomic mass is 9.98. The first kappa shape index (κ1) is 15.8. The minimum absolute atomic E-state index is 0.254. The van der Waals surface area contributed by atoms with Gasteiger partial charge in [0.15, 0.2) is 0 Å². The third-order valence-corrected chi connectivity index (χ3v) is 3.92. The lowest BCUT2D eigenvalue weighted by molar-refractivity contribution is 0.393. The summed E-state index contributed by atoms with van der Waals surface area (Å²) in [6.07, 6.45) is 0.383. The van der Waals surface area contributed by atoms with Gasteiger partial charge >= 0.3 is 0 Å². The number of ether oxygens (including phenoxy) is 2. The van der Waals surface area contributed by atoms with Crippen LogP contribution in [0.25, 0.3) is 0 Å². The first-order chi connectivity index (χ1) is 10.1. The number of benzene rings is 2. The summed E-state index contributed by atoms with van der Waals surface area (Å²) in [6, 6.07) is 9.85. The maximum absolute atomic E-state index is 13.7. The Kier molecular flexibility index (Phi) is 5.20. The molecular formula is C16H17BrFNO2. The number of halogens is 2. The lowest BCUT2D eigenvalue weighted by Crippen LogP contribution is -2.15. The van der Waals surface area contributed by atoms with E-state index in [2.05, 4.69) is 15.9 Å². The van der Waals surface area contributed by atoms with Gasteiger partial charge in [-0.25, -0.2) is 4.39 Å². The highest BCUT2D eigenvalue weighted by Crippen LogP contribution is 2.36. The molecule has 112 valence electrons. The van der Waals surface area contributed by atoms with Gasteiger partial charge in [0.05, 0.1) is 18.7 Å². The molecule has 2 aromatic rings. The van der Waals surface area contributed by atoms with E-state index in [9.17, 15) is 4.39 Å². The maximum Gasteiger partial charge on any atom is 0.133 e. The molecule has 2 N–H and O–H groups in total. The van der Waals surface area contributed by atoms with Gasteiger partial charge in [-0.3, -0.25) is 0 Å². The molecule has 2 aromatic carbocycles.